The van der Waals surface area contributed by atoms with Gasteiger partial charge in [0.25, 0.3) is 0 Å². The Morgan fingerprint density at radius 1 is 1.21 bits per heavy atom. The highest BCUT2D eigenvalue weighted by Crippen LogP contribution is 2.64. The molecule has 5 unspecified atom stereocenters. The predicted molar refractivity (Wildman–Crippen MR) is 95.4 cm³/mol. The maximum atomic E-state index is 12.4. The van der Waals surface area contributed by atoms with E-state index in [1.165, 1.54) is 0 Å². The van der Waals surface area contributed by atoms with Gasteiger partial charge in [0.1, 0.15) is 17.3 Å². The van der Waals surface area contributed by atoms with Gasteiger partial charge in [-0.1, -0.05) is 41.0 Å². The zero-order chi connectivity index (χ0) is 17.8. The van der Waals surface area contributed by atoms with Crippen LogP contribution in [0.3, 0.4) is 0 Å². The van der Waals surface area contributed by atoms with E-state index in [1.807, 2.05) is 0 Å². The first-order valence-electron chi connectivity index (χ1n) is 9.26. The number of phenolic OH excluding ortho intramolecular Hbond substituents is 2. The third-order valence-corrected chi connectivity index (χ3v) is 7.19. The molecule has 3 heteroatoms. The van der Waals surface area contributed by atoms with Gasteiger partial charge in [-0.15, -0.1) is 0 Å². The molecule has 2 N–H and O–H groups in total. The fourth-order valence-corrected chi connectivity index (χ4v) is 4.96. The Balaban J connectivity index is 1.96. The first-order valence-corrected chi connectivity index (χ1v) is 9.26. The van der Waals surface area contributed by atoms with Crippen LogP contribution in [0.4, 0.5) is 0 Å². The summed E-state index contributed by atoms with van der Waals surface area (Å²) in [5, 5.41) is 21.3. The van der Waals surface area contributed by atoms with Crippen molar-refractivity contribution in [2.75, 3.05) is 0 Å². The molecule has 24 heavy (non-hydrogen) atoms. The lowest BCUT2D eigenvalue weighted by Gasteiger charge is -2.59. The Bertz CT molecular complexity index is 638. The first kappa shape index (κ1) is 17.3. The van der Waals surface area contributed by atoms with Crippen LogP contribution in [-0.2, 0) is 4.79 Å². The van der Waals surface area contributed by atoms with Crippen LogP contribution in [-0.4, -0.2) is 16.0 Å². The van der Waals surface area contributed by atoms with Gasteiger partial charge in [0.2, 0.25) is 0 Å². The van der Waals surface area contributed by atoms with Crippen LogP contribution in [0.1, 0.15) is 76.8 Å². The molecule has 0 saturated heterocycles. The van der Waals surface area contributed by atoms with Gasteiger partial charge in [-0.3, -0.25) is 4.79 Å². The van der Waals surface area contributed by atoms with Crippen LogP contribution in [0, 0.1) is 23.2 Å². The highest BCUT2D eigenvalue weighted by molar-refractivity contribution is 5.86. The van der Waals surface area contributed by atoms with E-state index in [2.05, 4.69) is 34.6 Å². The molecule has 0 aliphatic heterocycles. The average molecular weight is 330 g/mol. The van der Waals surface area contributed by atoms with E-state index in [0.29, 0.717) is 23.8 Å². The Labute approximate surface area is 145 Å². The maximum absolute atomic E-state index is 12.4. The molecule has 0 aromatic heterocycles. The summed E-state index contributed by atoms with van der Waals surface area (Å²) >= 11 is 0. The summed E-state index contributed by atoms with van der Waals surface area (Å²) in [5.74, 6) is 1.80. The molecule has 3 aliphatic carbocycles. The minimum absolute atomic E-state index is 0.0262. The van der Waals surface area contributed by atoms with Crippen molar-refractivity contribution in [2.24, 2.45) is 23.2 Å². The molecular formula is C21H30O3. The second-order valence-electron chi connectivity index (χ2n) is 8.64. The van der Waals surface area contributed by atoms with Crippen LogP contribution in [0.15, 0.2) is 12.1 Å². The van der Waals surface area contributed by atoms with E-state index in [9.17, 15) is 15.0 Å². The molecule has 1 aromatic rings. The molecule has 3 saturated carbocycles. The number of fused-ring (bicyclic) bond motifs is 2. The van der Waals surface area contributed by atoms with Gasteiger partial charge in [-0.2, -0.15) is 0 Å². The van der Waals surface area contributed by atoms with Gasteiger partial charge in [0.15, 0.2) is 0 Å². The summed E-state index contributed by atoms with van der Waals surface area (Å²) in [6, 6.07) is 3.60. The van der Waals surface area contributed by atoms with Gasteiger partial charge in [0, 0.05) is 23.8 Å². The minimum atomic E-state index is -0.0644. The van der Waals surface area contributed by atoms with Gasteiger partial charge < -0.3 is 10.2 Å². The van der Waals surface area contributed by atoms with Crippen LogP contribution < -0.4 is 0 Å². The highest BCUT2D eigenvalue weighted by atomic mass is 16.3. The maximum Gasteiger partial charge on any atom is 0.137 e. The summed E-state index contributed by atoms with van der Waals surface area (Å²) in [6.45, 7) is 10.8. The van der Waals surface area contributed by atoms with Crippen molar-refractivity contribution in [1.29, 1.82) is 0 Å². The molecule has 4 rings (SSSR count). The van der Waals surface area contributed by atoms with Crippen molar-refractivity contribution in [3.05, 3.63) is 23.3 Å². The molecule has 0 spiro atoms. The van der Waals surface area contributed by atoms with E-state index < -0.39 is 0 Å². The van der Waals surface area contributed by atoms with Crippen molar-refractivity contribution >= 4 is 5.78 Å². The number of rotatable bonds is 4. The van der Waals surface area contributed by atoms with Crippen LogP contribution >= 0.6 is 0 Å². The van der Waals surface area contributed by atoms with Crippen molar-refractivity contribution in [2.45, 2.75) is 65.7 Å². The van der Waals surface area contributed by atoms with Crippen LogP contribution in [0.2, 0.25) is 0 Å². The van der Waals surface area contributed by atoms with Gasteiger partial charge in [0.05, 0.1) is 0 Å². The highest BCUT2D eigenvalue weighted by Gasteiger charge is 2.59. The molecule has 5 atom stereocenters. The van der Waals surface area contributed by atoms with Gasteiger partial charge in [-0.25, -0.2) is 0 Å². The third kappa shape index (κ3) is 2.44. The zero-order valence-corrected chi connectivity index (χ0v) is 15.5. The lowest BCUT2D eigenvalue weighted by atomic mass is 9.44. The van der Waals surface area contributed by atoms with Crippen LogP contribution in [0.25, 0.3) is 0 Å². The van der Waals surface area contributed by atoms with E-state index in [-0.39, 0.29) is 40.5 Å². The van der Waals surface area contributed by atoms with Crippen molar-refractivity contribution in [3.63, 3.8) is 0 Å². The fourth-order valence-electron chi connectivity index (χ4n) is 4.96. The molecule has 3 nitrogen and oxygen atoms in total. The largest absolute Gasteiger partial charge is 0.508 e. The Hall–Kier alpha value is -1.51. The molecule has 132 valence electrons. The summed E-state index contributed by atoms with van der Waals surface area (Å²) in [7, 11) is 0. The number of benzene rings is 1. The number of carbonyl (C=O) groups excluding carboxylic acids is 1. The number of ketones is 1. The molecular weight excluding hydrogens is 300 g/mol. The topological polar surface area (TPSA) is 57.5 Å². The lowest BCUT2D eigenvalue weighted by Crippen LogP contribution is -2.56. The monoisotopic (exact) mass is 330 g/mol. The number of Topliss-reactive ketones (excluding diaryl/α,β-unsaturated/α-hetero) is 1. The van der Waals surface area contributed by atoms with Crippen LogP contribution in [0.5, 0.6) is 11.5 Å². The Kier molecular flexibility index (Phi) is 4.17. The minimum Gasteiger partial charge on any atom is -0.508 e. The van der Waals surface area contributed by atoms with E-state index in [0.717, 1.165) is 18.4 Å². The number of carbonyl (C=O) groups is 1. The molecule has 2 bridgehead atoms. The average Bonchev–Trinajstić information content (AvgIpc) is 2.51. The second-order valence-corrected chi connectivity index (χ2v) is 8.64. The number of hydrogen-bond acceptors (Lipinski definition) is 3. The van der Waals surface area contributed by atoms with Crippen molar-refractivity contribution in [3.8, 4) is 11.5 Å². The molecule has 0 amide bonds. The van der Waals surface area contributed by atoms with Crippen molar-refractivity contribution in [1.82, 2.24) is 0 Å². The Morgan fingerprint density at radius 3 is 2.25 bits per heavy atom. The summed E-state index contributed by atoms with van der Waals surface area (Å²) in [5.41, 5.74) is 1.53. The normalized spacial score (nSPS) is 30.5. The smallest absolute Gasteiger partial charge is 0.137 e. The summed E-state index contributed by atoms with van der Waals surface area (Å²) < 4.78 is 0. The van der Waals surface area contributed by atoms with Gasteiger partial charge >= 0.3 is 0 Å². The third-order valence-electron chi connectivity index (χ3n) is 7.19. The van der Waals surface area contributed by atoms with E-state index >= 15 is 0 Å². The number of hydrogen-bond donors (Lipinski definition) is 2. The standard InChI is InChI=1S/C21H30O3/c1-6-11(2)12(3)13-7-18(23)20(19(24)8-13)14-9-17(22)16-10-15(14)21(16,4)5/h7-8,11-12,14-16,23-24H,6,9-10H2,1-5H3. The molecule has 0 radical (unpaired) electrons. The number of aromatic hydroxyl groups is 2. The first-order chi connectivity index (χ1) is 11.2. The number of phenols is 2. The molecule has 1 aromatic carbocycles. The molecule has 3 aliphatic rings. The Morgan fingerprint density at radius 2 is 1.79 bits per heavy atom. The zero-order valence-electron chi connectivity index (χ0n) is 15.5. The predicted octanol–water partition coefficient (Wildman–Crippen LogP) is 4.97. The fraction of sp³-hybridized carbons (Fsp3) is 0.667. The SMILES string of the molecule is CCC(C)C(C)c1cc(O)c(C2CC(=O)C3CC2C3(C)C)c(O)c1. The quantitative estimate of drug-likeness (QED) is 0.820. The van der Waals surface area contributed by atoms with Crippen molar-refractivity contribution < 1.29 is 15.0 Å². The summed E-state index contributed by atoms with van der Waals surface area (Å²) in [4.78, 5) is 12.4. The second kappa shape index (κ2) is 5.79. The summed E-state index contributed by atoms with van der Waals surface area (Å²) in [6.07, 6.45) is 2.39. The molecule has 3 fully saturated rings. The lowest BCUT2D eigenvalue weighted by molar-refractivity contribution is -0.151. The van der Waals surface area contributed by atoms with E-state index in [4.69, 9.17) is 0 Å². The van der Waals surface area contributed by atoms with E-state index in [1.54, 1.807) is 12.1 Å². The molecule has 0 heterocycles. The van der Waals surface area contributed by atoms with Gasteiger partial charge in [-0.05, 0) is 47.3 Å².